The zero-order valence-electron chi connectivity index (χ0n) is 13.3. The van der Waals surface area contributed by atoms with E-state index in [4.69, 9.17) is 4.74 Å². The van der Waals surface area contributed by atoms with Gasteiger partial charge in [-0.25, -0.2) is 0 Å². The third-order valence-corrected chi connectivity index (χ3v) is 3.81. The molecule has 1 aromatic rings. The maximum atomic E-state index is 12.4. The minimum atomic E-state index is -0.279. The Balaban J connectivity index is 1.97. The number of benzene rings is 1. The number of carbonyl (C=O) groups is 2. The summed E-state index contributed by atoms with van der Waals surface area (Å²) >= 11 is 0. The maximum absolute atomic E-state index is 12.4. The van der Waals surface area contributed by atoms with Crippen LogP contribution >= 0.6 is 0 Å². The standard InChI is InChI=1S/C17H24N2O3/c1-3-5-10-19-12-13(11-16(19)20)17(21)18-14-8-6-7-9-15(14)22-4-2/h6-9,13H,3-5,10-12H2,1-2H3,(H,18,21)/t13-/m0/s1. The molecule has 0 unspecified atom stereocenters. The zero-order valence-corrected chi connectivity index (χ0v) is 13.3. The predicted molar refractivity (Wildman–Crippen MR) is 85.8 cm³/mol. The number of para-hydroxylation sites is 2. The monoisotopic (exact) mass is 304 g/mol. The van der Waals surface area contributed by atoms with Crippen LogP contribution in [0.5, 0.6) is 5.75 Å². The first kappa shape index (κ1) is 16.3. The fourth-order valence-corrected chi connectivity index (χ4v) is 2.60. The highest BCUT2D eigenvalue weighted by Gasteiger charge is 2.34. The van der Waals surface area contributed by atoms with Gasteiger partial charge in [-0.1, -0.05) is 25.5 Å². The Morgan fingerprint density at radius 3 is 2.86 bits per heavy atom. The van der Waals surface area contributed by atoms with E-state index in [-0.39, 0.29) is 17.7 Å². The van der Waals surface area contributed by atoms with Crippen molar-refractivity contribution in [3.05, 3.63) is 24.3 Å². The summed E-state index contributed by atoms with van der Waals surface area (Å²) in [6.07, 6.45) is 2.32. The van der Waals surface area contributed by atoms with Gasteiger partial charge in [0.1, 0.15) is 5.75 Å². The van der Waals surface area contributed by atoms with Gasteiger partial charge in [0.25, 0.3) is 0 Å². The van der Waals surface area contributed by atoms with Crippen LogP contribution in [0.3, 0.4) is 0 Å². The van der Waals surface area contributed by atoms with Crippen LogP contribution in [0.25, 0.3) is 0 Å². The molecule has 1 heterocycles. The lowest BCUT2D eigenvalue weighted by atomic mass is 10.1. The fraction of sp³-hybridized carbons (Fsp3) is 0.529. The van der Waals surface area contributed by atoms with Gasteiger partial charge in [0.2, 0.25) is 11.8 Å². The van der Waals surface area contributed by atoms with Crippen molar-refractivity contribution in [3.8, 4) is 5.75 Å². The summed E-state index contributed by atoms with van der Waals surface area (Å²) in [5, 5.41) is 2.89. The second-order valence-corrected chi connectivity index (χ2v) is 5.51. The average molecular weight is 304 g/mol. The minimum Gasteiger partial charge on any atom is -0.492 e. The van der Waals surface area contributed by atoms with E-state index in [1.54, 1.807) is 4.90 Å². The molecule has 1 N–H and O–H groups in total. The molecule has 1 aliphatic heterocycles. The van der Waals surface area contributed by atoms with Crippen LogP contribution in [0, 0.1) is 5.92 Å². The number of nitrogens with one attached hydrogen (secondary N) is 1. The number of likely N-dealkylation sites (tertiary alicyclic amines) is 1. The molecule has 0 bridgehead atoms. The molecule has 1 saturated heterocycles. The third kappa shape index (κ3) is 4.00. The van der Waals surface area contributed by atoms with Gasteiger partial charge in [-0.15, -0.1) is 0 Å². The van der Waals surface area contributed by atoms with Gasteiger partial charge in [-0.3, -0.25) is 9.59 Å². The molecule has 1 aromatic carbocycles. The maximum Gasteiger partial charge on any atom is 0.229 e. The summed E-state index contributed by atoms with van der Waals surface area (Å²) in [5.74, 6) is 0.343. The number of carbonyl (C=O) groups excluding carboxylic acids is 2. The minimum absolute atomic E-state index is 0.0756. The van der Waals surface area contributed by atoms with Crippen molar-refractivity contribution in [1.29, 1.82) is 0 Å². The van der Waals surface area contributed by atoms with E-state index in [9.17, 15) is 9.59 Å². The van der Waals surface area contributed by atoms with Gasteiger partial charge in [0.05, 0.1) is 18.2 Å². The number of rotatable bonds is 7. The Morgan fingerprint density at radius 1 is 1.36 bits per heavy atom. The molecule has 1 atom stereocenters. The molecule has 1 fully saturated rings. The molecule has 0 radical (unpaired) electrons. The average Bonchev–Trinajstić information content (AvgIpc) is 2.88. The van der Waals surface area contributed by atoms with Gasteiger partial charge >= 0.3 is 0 Å². The first-order valence-corrected chi connectivity index (χ1v) is 7.96. The molecular weight excluding hydrogens is 280 g/mol. The molecule has 2 amide bonds. The van der Waals surface area contributed by atoms with Gasteiger partial charge in [0, 0.05) is 19.5 Å². The normalized spacial score (nSPS) is 17.6. The molecule has 2 rings (SSSR count). The van der Waals surface area contributed by atoms with Gasteiger partial charge in [-0.05, 0) is 25.5 Å². The smallest absolute Gasteiger partial charge is 0.229 e. The molecule has 0 aromatic heterocycles. The summed E-state index contributed by atoms with van der Waals surface area (Å²) in [5.41, 5.74) is 0.661. The topological polar surface area (TPSA) is 58.6 Å². The number of unbranched alkanes of at least 4 members (excludes halogenated alkanes) is 1. The quantitative estimate of drug-likeness (QED) is 0.842. The number of hydrogen-bond acceptors (Lipinski definition) is 3. The Labute approximate surface area is 131 Å². The Morgan fingerprint density at radius 2 is 2.14 bits per heavy atom. The summed E-state index contributed by atoms with van der Waals surface area (Å²) in [6.45, 7) is 5.80. The lowest BCUT2D eigenvalue weighted by Crippen LogP contribution is -2.29. The molecular formula is C17H24N2O3. The highest BCUT2D eigenvalue weighted by Crippen LogP contribution is 2.26. The van der Waals surface area contributed by atoms with Gasteiger partial charge in [-0.2, -0.15) is 0 Å². The van der Waals surface area contributed by atoms with Gasteiger partial charge in [0.15, 0.2) is 0 Å². The van der Waals surface area contributed by atoms with Crippen molar-refractivity contribution < 1.29 is 14.3 Å². The lowest BCUT2D eigenvalue weighted by molar-refractivity contribution is -0.128. The Kier molecular flexibility index (Phi) is 5.81. The van der Waals surface area contributed by atoms with Crippen molar-refractivity contribution in [3.63, 3.8) is 0 Å². The number of anilines is 1. The van der Waals surface area contributed by atoms with Crippen molar-refractivity contribution >= 4 is 17.5 Å². The van der Waals surface area contributed by atoms with Crippen molar-refractivity contribution in [2.45, 2.75) is 33.1 Å². The van der Waals surface area contributed by atoms with Crippen molar-refractivity contribution in [1.82, 2.24) is 4.90 Å². The van der Waals surface area contributed by atoms with Crippen molar-refractivity contribution in [2.24, 2.45) is 5.92 Å². The third-order valence-electron chi connectivity index (χ3n) is 3.81. The Hall–Kier alpha value is -2.04. The molecule has 5 nitrogen and oxygen atoms in total. The van der Waals surface area contributed by atoms with Crippen LogP contribution in [0.4, 0.5) is 5.69 Å². The van der Waals surface area contributed by atoms with E-state index in [0.29, 0.717) is 31.0 Å². The highest BCUT2D eigenvalue weighted by atomic mass is 16.5. The van der Waals surface area contributed by atoms with Crippen LogP contribution in [0.15, 0.2) is 24.3 Å². The second-order valence-electron chi connectivity index (χ2n) is 5.51. The molecule has 1 aliphatic rings. The largest absolute Gasteiger partial charge is 0.492 e. The first-order valence-electron chi connectivity index (χ1n) is 7.96. The highest BCUT2D eigenvalue weighted by molar-refractivity contribution is 5.98. The summed E-state index contributed by atoms with van der Waals surface area (Å²) in [4.78, 5) is 26.1. The molecule has 0 spiro atoms. The lowest BCUT2D eigenvalue weighted by Gasteiger charge is -2.16. The van der Waals surface area contributed by atoms with Crippen LogP contribution in [0.1, 0.15) is 33.1 Å². The first-order chi connectivity index (χ1) is 10.7. The number of ether oxygens (including phenoxy) is 1. The van der Waals surface area contributed by atoms with Crippen molar-refractivity contribution in [2.75, 3.05) is 25.0 Å². The van der Waals surface area contributed by atoms with Crippen LogP contribution in [0.2, 0.25) is 0 Å². The van der Waals surface area contributed by atoms with E-state index < -0.39 is 0 Å². The fourth-order valence-electron chi connectivity index (χ4n) is 2.60. The van der Waals surface area contributed by atoms with Crippen LogP contribution < -0.4 is 10.1 Å². The Bertz CT molecular complexity index is 530. The van der Waals surface area contributed by atoms with E-state index >= 15 is 0 Å². The molecule has 0 saturated carbocycles. The SMILES string of the molecule is CCCCN1C[C@@H](C(=O)Nc2ccccc2OCC)CC1=O. The molecule has 0 aliphatic carbocycles. The number of hydrogen-bond donors (Lipinski definition) is 1. The van der Waals surface area contributed by atoms with Gasteiger partial charge < -0.3 is 15.0 Å². The van der Waals surface area contributed by atoms with Crippen LogP contribution in [-0.2, 0) is 9.59 Å². The predicted octanol–water partition coefficient (Wildman–Crippen LogP) is 2.67. The number of amides is 2. The van der Waals surface area contributed by atoms with Crippen LogP contribution in [-0.4, -0.2) is 36.4 Å². The van der Waals surface area contributed by atoms with E-state index in [1.165, 1.54) is 0 Å². The second kappa shape index (κ2) is 7.82. The summed E-state index contributed by atoms with van der Waals surface area (Å²) in [6, 6.07) is 7.36. The molecule has 22 heavy (non-hydrogen) atoms. The number of nitrogens with zero attached hydrogens (tertiary/aromatic N) is 1. The van der Waals surface area contributed by atoms with E-state index in [1.807, 2.05) is 31.2 Å². The molecule has 120 valence electrons. The van der Waals surface area contributed by atoms with E-state index in [2.05, 4.69) is 12.2 Å². The molecule has 5 heteroatoms. The summed E-state index contributed by atoms with van der Waals surface area (Å²) in [7, 11) is 0. The summed E-state index contributed by atoms with van der Waals surface area (Å²) < 4.78 is 5.50. The zero-order chi connectivity index (χ0) is 15.9. The van der Waals surface area contributed by atoms with E-state index in [0.717, 1.165) is 19.4 Å².